The molecule has 0 radical (unpaired) electrons. The van der Waals surface area contributed by atoms with Gasteiger partial charge in [0, 0.05) is 31.5 Å². The van der Waals surface area contributed by atoms with Crippen LogP contribution in [0.25, 0.3) is 0 Å². The van der Waals surface area contributed by atoms with Crippen LogP contribution < -0.4 is 5.32 Å². The van der Waals surface area contributed by atoms with Crippen molar-refractivity contribution in [2.45, 2.75) is 37.8 Å². The Labute approximate surface area is 107 Å². The molecule has 2 N–H and O–H groups in total. The Hall–Kier alpha value is -0.260. The second-order valence-electron chi connectivity index (χ2n) is 4.80. The van der Waals surface area contributed by atoms with Crippen LogP contribution in [-0.2, 0) is 4.79 Å². The zero-order valence-corrected chi connectivity index (χ0v) is 11.0. The van der Waals surface area contributed by atoms with Crippen molar-refractivity contribution in [1.82, 2.24) is 10.2 Å². The first-order valence-electron chi connectivity index (χ1n) is 6.54. The molecule has 1 aliphatic carbocycles. The molecule has 0 aromatic heterocycles. The van der Waals surface area contributed by atoms with Crippen LogP contribution in [0.4, 0.5) is 0 Å². The average Bonchev–Trinajstić information content (AvgIpc) is 3.08. The molecule has 2 fully saturated rings. The Kier molecular flexibility index (Phi) is 5.13. The molecular formula is C12H22N2O2S. The van der Waals surface area contributed by atoms with Crippen molar-refractivity contribution in [3.8, 4) is 0 Å². The number of carbonyl (C=O) groups is 1. The van der Waals surface area contributed by atoms with Crippen molar-refractivity contribution in [3.63, 3.8) is 0 Å². The summed E-state index contributed by atoms with van der Waals surface area (Å²) in [7, 11) is 0. The quantitative estimate of drug-likeness (QED) is 0.621. The van der Waals surface area contributed by atoms with Gasteiger partial charge in [0.1, 0.15) is 0 Å². The summed E-state index contributed by atoms with van der Waals surface area (Å²) in [6.45, 7) is 2.03. The van der Waals surface area contributed by atoms with Crippen LogP contribution >= 0.6 is 11.8 Å². The van der Waals surface area contributed by atoms with Gasteiger partial charge in [-0.25, -0.2) is 0 Å². The Bertz CT molecular complexity index is 259. The third kappa shape index (κ3) is 4.16. The highest BCUT2D eigenvalue weighted by Gasteiger charge is 2.35. The van der Waals surface area contributed by atoms with E-state index in [1.165, 1.54) is 12.8 Å². The fourth-order valence-corrected chi connectivity index (χ4v) is 2.98. The van der Waals surface area contributed by atoms with E-state index >= 15 is 0 Å². The molecule has 98 valence electrons. The number of amides is 1. The lowest BCUT2D eigenvalue weighted by Crippen LogP contribution is -2.39. The van der Waals surface area contributed by atoms with Gasteiger partial charge in [0.05, 0.1) is 6.04 Å². The molecule has 0 aromatic carbocycles. The summed E-state index contributed by atoms with van der Waals surface area (Å²) in [5, 5.41) is 12.1. The van der Waals surface area contributed by atoms with Gasteiger partial charge in [-0.2, -0.15) is 11.8 Å². The topological polar surface area (TPSA) is 52.6 Å². The number of hydrogen-bond donors (Lipinski definition) is 2. The molecule has 1 atom stereocenters. The molecule has 5 heteroatoms. The lowest BCUT2D eigenvalue weighted by Gasteiger charge is -2.16. The lowest BCUT2D eigenvalue weighted by molar-refractivity contribution is -0.129. The summed E-state index contributed by atoms with van der Waals surface area (Å²) in [4.78, 5) is 14.0. The number of thioether (sulfide) groups is 1. The standard InChI is InChI=1S/C12H22N2O2S/c15-7-1-8-17-9-6-14-5-4-11(12(14)16)13-10-2-3-10/h10-11,13,15H,1-9H2. The summed E-state index contributed by atoms with van der Waals surface area (Å²) in [6, 6.07) is 0.702. The highest BCUT2D eigenvalue weighted by atomic mass is 32.2. The number of aliphatic hydroxyl groups excluding tert-OH is 1. The first-order chi connectivity index (χ1) is 8.31. The average molecular weight is 258 g/mol. The molecule has 1 amide bonds. The number of rotatable bonds is 8. The Morgan fingerprint density at radius 1 is 1.35 bits per heavy atom. The number of nitrogens with zero attached hydrogens (tertiary/aromatic N) is 1. The fraction of sp³-hybridized carbons (Fsp3) is 0.917. The first-order valence-corrected chi connectivity index (χ1v) is 7.70. The molecule has 0 spiro atoms. The highest BCUT2D eigenvalue weighted by Crippen LogP contribution is 2.22. The van der Waals surface area contributed by atoms with Crippen molar-refractivity contribution >= 4 is 17.7 Å². The maximum atomic E-state index is 12.0. The molecule has 2 aliphatic rings. The van der Waals surface area contributed by atoms with E-state index in [1.807, 2.05) is 16.7 Å². The van der Waals surface area contributed by atoms with Crippen LogP contribution in [0.15, 0.2) is 0 Å². The van der Waals surface area contributed by atoms with Crippen molar-refractivity contribution in [2.75, 3.05) is 31.2 Å². The van der Waals surface area contributed by atoms with E-state index in [2.05, 4.69) is 5.32 Å². The predicted octanol–water partition coefficient (Wildman–Crippen LogP) is 0.455. The van der Waals surface area contributed by atoms with E-state index in [0.717, 1.165) is 37.4 Å². The van der Waals surface area contributed by atoms with Gasteiger partial charge in [-0.05, 0) is 31.4 Å². The van der Waals surface area contributed by atoms with Crippen molar-refractivity contribution in [1.29, 1.82) is 0 Å². The van der Waals surface area contributed by atoms with Gasteiger partial charge in [-0.15, -0.1) is 0 Å². The van der Waals surface area contributed by atoms with Gasteiger partial charge in [-0.3, -0.25) is 4.79 Å². The summed E-state index contributed by atoms with van der Waals surface area (Å²) < 4.78 is 0. The van der Waals surface area contributed by atoms with Crippen LogP contribution in [0.1, 0.15) is 25.7 Å². The first kappa shape index (κ1) is 13.2. The second kappa shape index (κ2) is 6.61. The predicted molar refractivity (Wildman–Crippen MR) is 70.2 cm³/mol. The van der Waals surface area contributed by atoms with Crippen LogP contribution in [-0.4, -0.2) is 59.2 Å². The fourth-order valence-electron chi connectivity index (χ4n) is 2.09. The molecule has 1 aliphatic heterocycles. The summed E-state index contributed by atoms with van der Waals surface area (Å²) >= 11 is 1.82. The molecule has 1 saturated heterocycles. The minimum Gasteiger partial charge on any atom is -0.396 e. The molecule has 0 aromatic rings. The molecule has 4 nitrogen and oxygen atoms in total. The summed E-state index contributed by atoms with van der Waals surface area (Å²) in [6.07, 6.45) is 4.29. The van der Waals surface area contributed by atoms with Gasteiger partial charge in [0.25, 0.3) is 0 Å². The third-order valence-electron chi connectivity index (χ3n) is 3.26. The number of likely N-dealkylation sites (tertiary alicyclic amines) is 1. The molecule has 2 rings (SSSR count). The minimum atomic E-state index is 0.0879. The Balaban J connectivity index is 1.59. The molecular weight excluding hydrogens is 236 g/mol. The third-order valence-corrected chi connectivity index (χ3v) is 4.31. The van der Waals surface area contributed by atoms with Crippen molar-refractivity contribution in [2.24, 2.45) is 0 Å². The zero-order chi connectivity index (χ0) is 12.1. The van der Waals surface area contributed by atoms with Crippen molar-refractivity contribution < 1.29 is 9.90 Å². The minimum absolute atomic E-state index is 0.0879. The normalized spacial score (nSPS) is 24.6. The Morgan fingerprint density at radius 2 is 2.18 bits per heavy atom. The monoisotopic (exact) mass is 258 g/mol. The summed E-state index contributed by atoms with van der Waals surface area (Å²) in [5.74, 6) is 2.27. The van der Waals surface area contributed by atoms with Crippen LogP contribution in [0.5, 0.6) is 0 Å². The van der Waals surface area contributed by atoms with Crippen LogP contribution in [0.2, 0.25) is 0 Å². The molecule has 1 heterocycles. The molecule has 17 heavy (non-hydrogen) atoms. The van der Waals surface area contributed by atoms with Crippen LogP contribution in [0, 0.1) is 0 Å². The van der Waals surface area contributed by atoms with Gasteiger partial charge in [-0.1, -0.05) is 0 Å². The zero-order valence-electron chi connectivity index (χ0n) is 10.2. The lowest BCUT2D eigenvalue weighted by atomic mass is 10.2. The number of hydrogen-bond acceptors (Lipinski definition) is 4. The van der Waals surface area contributed by atoms with Gasteiger partial charge < -0.3 is 15.3 Å². The Morgan fingerprint density at radius 3 is 2.88 bits per heavy atom. The summed E-state index contributed by atoms with van der Waals surface area (Å²) in [5.41, 5.74) is 0. The van der Waals surface area contributed by atoms with E-state index in [-0.39, 0.29) is 12.6 Å². The van der Waals surface area contributed by atoms with Crippen LogP contribution in [0.3, 0.4) is 0 Å². The molecule has 1 saturated carbocycles. The van der Waals surface area contributed by atoms with E-state index in [1.54, 1.807) is 0 Å². The molecule has 1 unspecified atom stereocenters. The maximum Gasteiger partial charge on any atom is 0.239 e. The maximum absolute atomic E-state index is 12.0. The van der Waals surface area contributed by atoms with Gasteiger partial charge >= 0.3 is 0 Å². The number of nitrogens with one attached hydrogen (secondary N) is 1. The SMILES string of the molecule is O=C1C(NC2CC2)CCN1CCSCCCO. The molecule has 0 bridgehead atoms. The second-order valence-corrected chi connectivity index (χ2v) is 6.02. The van der Waals surface area contributed by atoms with E-state index in [0.29, 0.717) is 11.9 Å². The van der Waals surface area contributed by atoms with Crippen molar-refractivity contribution in [3.05, 3.63) is 0 Å². The van der Waals surface area contributed by atoms with E-state index in [9.17, 15) is 4.79 Å². The van der Waals surface area contributed by atoms with Gasteiger partial charge in [0.2, 0.25) is 5.91 Å². The highest BCUT2D eigenvalue weighted by molar-refractivity contribution is 7.99. The smallest absolute Gasteiger partial charge is 0.239 e. The largest absolute Gasteiger partial charge is 0.396 e. The number of carbonyl (C=O) groups excluding carboxylic acids is 1. The van der Waals surface area contributed by atoms with Gasteiger partial charge in [0.15, 0.2) is 0 Å². The van der Waals surface area contributed by atoms with E-state index < -0.39 is 0 Å². The van der Waals surface area contributed by atoms with E-state index in [4.69, 9.17) is 5.11 Å². The number of aliphatic hydroxyl groups is 1.